The summed E-state index contributed by atoms with van der Waals surface area (Å²) in [6.07, 6.45) is -0.554. The first kappa shape index (κ1) is 7.28. The molecule has 0 spiro atoms. The minimum atomic E-state index is -0.554. The van der Waals surface area contributed by atoms with Crippen molar-refractivity contribution in [2.24, 2.45) is 0 Å². The lowest BCUT2D eigenvalue weighted by Gasteiger charge is -1.97. The van der Waals surface area contributed by atoms with E-state index in [-0.39, 0.29) is 0 Å². The molecule has 1 aromatic rings. The maximum atomic E-state index is 9.08. The Morgan fingerprint density at radius 3 is 2.30 bits per heavy atom. The molecule has 0 saturated heterocycles. The number of aliphatic hydroxyl groups is 1. The molecule has 0 saturated carbocycles. The molecule has 56 valence electrons. The number of hydrogen-bond acceptors (Lipinski definition) is 3. The Bertz CT molecular complexity index is 228. The largest absolute Gasteiger partial charge is 0.443 e. The van der Waals surface area contributed by atoms with Crippen LogP contribution in [0, 0.1) is 13.8 Å². The Kier molecular flexibility index (Phi) is 1.76. The van der Waals surface area contributed by atoms with Gasteiger partial charge in [0, 0.05) is 6.92 Å². The number of nitrogens with zero attached hydrogens (tertiary/aromatic N) is 1. The fraction of sp³-hybridized carbons (Fsp3) is 0.571. The van der Waals surface area contributed by atoms with Crippen LogP contribution in [0.25, 0.3) is 0 Å². The average Bonchev–Trinajstić information content (AvgIpc) is 2.10. The molecule has 1 aromatic heterocycles. The Morgan fingerprint density at radius 2 is 2.10 bits per heavy atom. The Hall–Kier alpha value is -0.830. The van der Waals surface area contributed by atoms with Crippen molar-refractivity contribution in [3.63, 3.8) is 0 Å². The van der Waals surface area contributed by atoms with E-state index in [2.05, 4.69) is 4.98 Å². The number of hydrogen-bond donors (Lipinski definition) is 1. The van der Waals surface area contributed by atoms with Crippen LogP contribution in [0.3, 0.4) is 0 Å². The topological polar surface area (TPSA) is 46.3 Å². The fourth-order valence-electron chi connectivity index (χ4n) is 0.935. The number of oxazole rings is 1. The Balaban J connectivity index is 3.03. The maximum absolute atomic E-state index is 9.08. The van der Waals surface area contributed by atoms with Gasteiger partial charge in [0.15, 0.2) is 11.7 Å². The highest BCUT2D eigenvalue weighted by Gasteiger charge is 2.10. The van der Waals surface area contributed by atoms with Gasteiger partial charge in [-0.3, -0.25) is 0 Å². The van der Waals surface area contributed by atoms with Crippen molar-refractivity contribution >= 4 is 0 Å². The molecule has 0 aliphatic rings. The van der Waals surface area contributed by atoms with Crippen molar-refractivity contribution < 1.29 is 9.52 Å². The lowest BCUT2D eigenvalue weighted by atomic mass is 10.3. The molecule has 0 amide bonds. The van der Waals surface area contributed by atoms with Gasteiger partial charge in [0.25, 0.3) is 0 Å². The number of aliphatic hydroxyl groups excluding tert-OH is 1. The molecule has 0 aliphatic carbocycles. The van der Waals surface area contributed by atoms with Gasteiger partial charge in [0.1, 0.15) is 6.10 Å². The molecule has 1 unspecified atom stereocenters. The van der Waals surface area contributed by atoms with Crippen molar-refractivity contribution in [2.75, 3.05) is 0 Å². The highest BCUT2D eigenvalue weighted by atomic mass is 16.4. The molecule has 0 bridgehead atoms. The summed E-state index contributed by atoms with van der Waals surface area (Å²) in [6, 6.07) is 0. The van der Waals surface area contributed by atoms with Crippen LogP contribution in [0.15, 0.2) is 4.42 Å². The zero-order chi connectivity index (χ0) is 7.72. The summed E-state index contributed by atoms with van der Waals surface area (Å²) in [5.74, 6) is 1.17. The van der Waals surface area contributed by atoms with Gasteiger partial charge < -0.3 is 9.52 Å². The molecule has 1 N–H and O–H groups in total. The molecule has 3 heteroatoms. The van der Waals surface area contributed by atoms with E-state index in [1.165, 1.54) is 0 Å². The van der Waals surface area contributed by atoms with E-state index >= 15 is 0 Å². The lowest BCUT2D eigenvalue weighted by Crippen LogP contribution is -1.90. The lowest BCUT2D eigenvalue weighted by molar-refractivity contribution is 0.167. The van der Waals surface area contributed by atoms with Crippen LogP contribution in [-0.2, 0) is 0 Å². The van der Waals surface area contributed by atoms with Gasteiger partial charge in [-0.2, -0.15) is 0 Å². The summed E-state index contributed by atoms with van der Waals surface area (Å²) in [5, 5.41) is 9.08. The summed E-state index contributed by atoms with van der Waals surface area (Å²) in [7, 11) is 0. The third-order valence-electron chi connectivity index (χ3n) is 1.32. The molecular formula is C7H11NO2. The molecule has 1 rings (SSSR count). The minimum absolute atomic E-state index is 0.554. The Labute approximate surface area is 59.7 Å². The number of aromatic nitrogens is 1. The molecule has 0 radical (unpaired) electrons. The highest BCUT2D eigenvalue weighted by molar-refractivity contribution is 5.09. The van der Waals surface area contributed by atoms with Gasteiger partial charge in [-0.25, -0.2) is 4.98 Å². The van der Waals surface area contributed by atoms with Gasteiger partial charge in [-0.1, -0.05) is 0 Å². The zero-order valence-corrected chi connectivity index (χ0v) is 6.38. The second-order valence-electron chi connectivity index (χ2n) is 2.36. The first-order chi connectivity index (χ1) is 4.61. The van der Waals surface area contributed by atoms with Crippen LogP contribution in [0.1, 0.15) is 30.4 Å². The third kappa shape index (κ3) is 1.19. The van der Waals surface area contributed by atoms with E-state index in [9.17, 15) is 0 Å². The molecule has 1 heterocycles. The predicted octanol–water partition coefficient (Wildman–Crippen LogP) is 1.34. The van der Waals surface area contributed by atoms with Crippen LogP contribution >= 0.6 is 0 Å². The Morgan fingerprint density at radius 1 is 1.50 bits per heavy atom. The SMILES string of the molecule is Cc1nc(C)c(C(C)O)o1. The van der Waals surface area contributed by atoms with Crippen LogP contribution in [-0.4, -0.2) is 10.1 Å². The van der Waals surface area contributed by atoms with Gasteiger partial charge >= 0.3 is 0 Å². The standard InChI is InChI=1S/C7H11NO2/c1-4-7(5(2)9)10-6(3)8-4/h5,9H,1-3H3. The van der Waals surface area contributed by atoms with Gasteiger partial charge in [-0.15, -0.1) is 0 Å². The van der Waals surface area contributed by atoms with E-state index in [1.54, 1.807) is 13.8 Å². The van der Waals surface area contributed by atoms with E-state index in [4.69, 9.17) is 9.52 Å². The van der Waals surface area contributed by atoms with Gasteiger partial charge in [0.2, 0.25) is 0 Å². The molecule has 10 heavy (non-hydrogen) atoms. The molecule has 3 nitrogen and oxygen atoms in total. The van der Waals surface area contributed by atoms with Crippen molar-refractivity contribution in [3.8, 4) is 0 Å². The molecule has 1 atom stereocenters. The molecule has 0 aliphatic heterocycles. The maximum Gasteiger partial charge on any atom is 0.191 e. The second kappa shape index (κ2) is 2.42. The van der Waals surface area contributed by atoms with E-state index < -0.39 is 6.10 Å². The van der Waals surface area contributed by atoms with Crippen molar-refractivity contribution in [2.45, 2.75) is 26.9 Å². The van der Waals surface area contributed by atoms with Gasteiger partial charge in [0.05, 0.1) is 5.69 Å². The summed E-state index contributed by atoms with van der Waals surface area (Å²) < 4.78 is 5.11. The third-order valence-corrected chi connectivity index (χ3v) is 1.32. The average molecular weight is 141 g/mol. The predicted molar refractivity (Wildman–Crippen MR) is 36.6 cm³/mol. The normalized spacial score (nSPS) is 13.6. The minimum Gasteiger partial charge on any atom is -0.443 e. The number of rotatable bonds is 1. The van der Waals surface area contributed by atoms with Crippen molar-refractivity contribution in [1.29, 1.82) is 0 Å². The fourth-order valence-corrected chi connectivity index (χ4v) is 0.935. The summed E-state index contributed by atoms with van der Waals surface area (Å²) >= 11 is 0. The monoisotopic (exact) mass is 141 g/mol. The van der Waals surface area contributed by atoms with Crippen molar-refractivity contribution in [3.05, 3.63) is 17.3 Å². The van der Waals surface area contributed by atoms with Crippen molar-refractivity contribution in [1.82, 2.24) is 4.98 Å². The summed E-state index contributed by atoms with van der Waals surface area (Å²) in [5.41, 5.74) is 0.771. The van der Waals surface area contributed by atoms with E-state index in [1.807, 2.05) is 6.92 Å². The molecule has 0 fully saturated rings. The van der Waals surface area contributed by atoms with E-state index in [0.717, 1.165) is 5.69 Å². The first-order valence-electron chi connectivity index (χ1n) is 3.23. The van der Waals surface area contributed by atoms with E-state index in [0.29, 0.717) is 11.7 Å². The van der Waals surface area contributed by atoms with Crippen LogP contribution < -0.4 is 0 Å². The summed E-state index contributed by atoms with van der Waals surface area (Å²) in [6.45, 7) is 5.24. The van der Waals surface area contributed by atoms with Crippen LogP contribution in [0.5, 0.6) is 0 Å². The van der Waals surface area contributed by atoms with Crippen LogP contribution in [0.4, 0.5) is 0 Å². The first-order valence-corrected chi connectivity index (χ1v) is 3.23. The molecular weight excluding hydrogens is 130 g/mol. The van der Waals surface area contributed by atoms with Crippen LogP contribution in [0.2, 0.25) is 0 Å². The smallest absolute Gasteiger partial charge is 0.191 e. The summed E-state index contributed by atoms with van der Waals surface area (Å²) in [4.78, 5) is 4.01. The highest BCUT2D eigenvalue weighted by Crippen LogP contribution is 2.17. The zero-order valence-electron chi connectivity index (χ0n) is 6.38. The molecule has 0 aromatic carbocycles. The quantitative estimate of drug-likeness (QED) is 0.642. The second-order valence-corrected chi connectivity index (χ2v) is 2.36. The number of aryl methyl sites for hydroxylation is 2. The van der Waals surface area contributed by atoms with Gasteiger partial charge in [-0.05, 0) is 13.8 Å².